The average molecular weight is 262 g/mol. The van der Waals surface area contributed by atoms with Crippen molar-refractivity contribution in [3.8, 4) is 5.75 Å². The van der Waals surface area contributed by atoms with Gasteiger partial charge >= 0.3 is 0 Å². The van der Waals surface area contributed by atoms with Crippen LogP contribution in [-0.4, -0.2) is 32.3 Å². The first-order valence-electron chi connectivity index (χ1n) is 7.54. The van der Waals surface area contributed by atoms with Crippen LogP contribution in [0.3, 0.4) is 0 Å². The molecule has 106 valence electrons. The zero-order valence-corrected chi connectivity index (χ0v) is 12.2. The summed E-state index contributed by atoms with van der Waals surface area (Å²) in [4.78, 5) is 2.47. The molecule has 1 N–H and O–H groups in total. The first-order valence-corrected chi connectivity index (χ1v) is 7.54. The van der Waals surface area contributed by atoms with Crippen LogP contribution in [0.1, 0.15) is 33.1 Å². The van der Waals surface area contributed by atoms with Crippen molar-refractivity contribution in [3.63, 3.8) is 0 Å². The van der Waals surface area contributed by atoms with Crippen LogP contribution in [0.25, 0.3) is 0 Å². The number of hydrogen-bond acceptors (Lipinski definition) is 3. The molecule has 3 heteroatoms. The second-order valence-electron chi connectivity index (χ2n) is 5.16. The molecule has 0 aliphatic carbocycles. The third kappa shape index (κ3) is 4.13. The van der Waals surface area contributed by atoms with Gasteiger partial charge in [0.15, 0.2) is 0 Å². The van der Waals surface area contributed by atoms with Gasteiger partial charge in [-0.2, -0.15) is 0 Å². The van der Waals surface area contributed by atoms with Gasteiger partial charge in [-0.3, -0.25) is 0 Å². The molecule has 1 aromatic carbocycles. The number of benzene rings is 1. The van der Waals surface area contributed by atoms with Gasteiger partial charge in [0.05, 0.1) is 6.61 Å². The standard InChI is InChI=1S/C16H26N2O/c1-3-13-19-16-7-5-15(6-8-16)18-11-9-14(10-12-18)17-4-2/h5-8,14,17H,3-4,9-13H2,1-2H3. The van der Waals surface area contributed by atoms with Crippen molar-refractivity contribution >= 4 is 5.69 Å². The van der Waals surface area contributed by atoms with Crippen LogP contribution >= 0.6 is 0 Å². The summed E-state index contributed by atoms with van der Waals surface area (Å²) in [5.41, 5.74) is 1.32. The van der Waals surface area contributed by atoms with E-state index >= 15 is 0 Å². The van der Waals surface area contributed by atoms with Gasteiger partial charge in [0.1, 0.15) is 5.75 Å². The average Bonchev–Trinajstić information content (AvgIpc) is 2.47. The maximum Gasteiger partial charge on any atom is 0.119 e. The quantitative estimate of drug-likeness (QED) is 0.853. The SMILES string of the molecule is CCCOc1ccc(N2CCC(NCC)CC2)cc1. The lowest BCUT2D eigenvalue weighted by atomic mass is 10.0. The van der Waals surface area contributed by atoms with Crippen molar-refractivity contribution in [1.82, 2.24) is 5.32 Å². The van der Waals surface area contributed by atoms with E-state index in [4.69, 9.17) is 4.74 Å². The smallest absolute Gasteiger partial charge is 0.119 e. The maximum atomic E-state index is 5.62. The molecule has 2 rings (SSSR count). The molecule has 1 heterocycles. The van der Waals surface area contributed by atoms with E-state index in [1.807, 2.05) is 0 Å². The second kappa shape index (κ2) is 7.39. The highest BCUT2D eigenvalue weighted by Gasteiger charge is 2.18. The van der Waals surface area contributed by atoms with E-state index in [9.17, 15) is 0 Å². The largest absolute Gasteiger partial charge is 0.494 e. The highest BCUT2D eigenvalue weighted by molar-refractivity contribution is 5.49. The van der Waals surface area contributed by atoms with E-state index in [0.29, 0.717) is 6.04 Å². The number of hydrogen-bond donors (Lipinski definition) is 1. The Kier molecular flexibility index (Phi) is 5.52. The van der Waals surface area contributed by atoms with Crippen molar-refractivity contribution in [2.45, 2.75) is 39.2 Å². The Labute approximate surface area is 116 Å². The van der Waals surface area contributed by atoms with Gasteiger partial charge in [0, 0.05) is 24.8 Å². The Morgan fingerprint density at radius 3 is 2.42 bits per heavy atom. The summed E-state index contributed by atoms with van der Waals surface area (Å²) in [5, 5.41) is 3.54. The van der Waals surface area contributed by atoms with Gasteiger partial charge < -0.3 is 15.0 Å². The van der Waals surface area contributed by atoms with Crippen molar-refractivity contribution in [3.05, 3.63) is 24.3 Å². The van der Waals surface area contributed by atoms with Crippen LogP contribution in [0.4, 0.5) is 5.69 Å². The Balaban J connectivity index is 1.85. The molecule has 19 heavy (non-hydrogen) atoms. The minimum absolute atomic E-state index is 0.702. The van der Waals surface area contributed by atoms with E-state index in [2.05, 4.69) is 48.3 Å². The van der Waals surface area contributed by atoms with Gasteiger partial charge in [0.2, 0.25) is 0 Å². The Morgan fingerprint density at radius 1 is 1.16 bits per heavy atom. The van der Waals surface area contributed by atoms with Crippen LogP contribution in [0, 0.1) is 0 Å². The molecule has 1 fully saturated rings. The minimum atomic E-state index is 0.702. The molecule has 0 saturated carbocycles. The molecular weight excluding hydrogens is 236 g/mol. The van der Waals surface area contributed by atoms with E-state index < -0.39 is 0 Å². The lowest BCUT2D eigenvalue weighted by molar-refractivity contribution is 0.317. The highest BCUT2D eigenvalue weighted by Crippen LogP contribution is 2.23. The van der Waals surface area contributed by atoms with Crippen LogP contribution < -0.4 is 15.0 Å². The van der Waals surface area contributed by atoms with Crippen LogP contribution in [0.15, 0.2) is 24.3 Å². The predicted octanol–water partition coefficient (Wildman–Crippen LogP) is 3.05. The number of nitrogens with one attached hydrogen (secondary N) is 1. The van der Waals surface area contributed by atoms with E-state index in [-0.39, 0.29) is 0 Å². The lowest BCUT2D eigenvalue weighted by Crippen LogP contribution is -2.42. The Morgan fingerprint density at radius 2 is 1.84 bits per heavy atom. The van der Waals surface area contributed by atoms with Crippen LogP contribution in [0.5, 0.6) is 5.75 Å². The monoisotopic (exact) mass is 262 g/mol. The third-order valence-corrected chi connectivity index (χ3v) is 3.66. The molecule has 1 aromatic rings. The van der Waals surface area contributed by atoms with E-state index in [0.717, 1.165) is 38.4 Å². The fraction of sp³-hybridized carbons (Fsp3) is 0.625. The molecular formula is C16H26N2O. The summed E-state index contributed by atoms with van der Waals surface area (Å²) < 4.78 is 5.62. The summed E-state index contributed by atoms with van der Waals surface area (Å²) in [5.74, 6) is 0.980. The fourth-order valence-electron chi connectivity index (χ4n) is 2.60. The number of anilines is 1. The molecule has 0 radical (unpaired) electrons. The van der Waals surface area contributed by atoms with E-state index in [1.54, 1.807) is 0 Å². The topological polar surface area (TPSA) is 24.5 Å². The highest BCUT2D eigenvalue weighted by atomic mass is 16.5. The first kappa shape index (κ1) is 14.2. The Hall–Kier alpha value is -1.22. The summed E-state index contributed by atoms with van der Waals surface area (Å²) in [6, 6.07) is 9.23. The fourth-order valence-corrected chi connectivity index (χ4v) is 2.60. The molecule has 1 aliphatic rings. The molecule has 0 amide bonds. The molecule has 0 atom stereocenters. The lowest BCUT2D eigenvalue weighted by Gasteiger charge is -2.34. The molecule has 1 saturated heterocycles. The van der Waals surface area contributed by atoms with Crippen molar-refractivity contribution < 1.29 is 4.74 Å². The van der Waals surface area contributed by atoms with Gasteiger partial charge in [-0.15, -0.1) is 0 Å². The van der Waals surface area contributed by atoms with Gasteiger partial charge in [-0.1, -0.05) is 13.8 Å². The zero-order valence-electron chi connectivity index (χ0n) is 12.2. The molecule has 0 aromatic heterocycles. The third-order valence-electron chi connectivity index (χ3n) is 3.66. The maximum absolute atomic E-state index is 5.62. The zero-order chi connectivity index (χ0) is 13.5. The summed E-state index contributed by atoms with van der Waals surface area (Å²) in [6.45, 7) is 8.48. The molecule has 0 bridgehead atoms. The first-order chi connectivity index (χ1) is 9.33. The Bertz CT molecular complexity index is 356. The number of ether oxygens (including phenoxy) is 1. The van der Waals surface area contributed by atoms with Crippen molar-refractivity contribution in [2.75, 3.05) is 31.1 Å². The predicted molar refractivity (Wildman–Crippen MR) is 81.1 cm³/mol. The van der Waals surface area contributed by atoms with Gasteiger partial charge in [0.25, 0.3) is 0 Å². The van der Waals surface area contributed by atoms with Crippen LogP contribution in [0.2, 0.25) is 0 Å². The summed E-state index contributed by atoms with van der Waals surface area (Å²) in [6.07, 6.45) is 3.53. The molecule has 0 spiro atoms. The number of piperidine rings is 1. The van der Waals surface area contributed by atoms with Crippen LogP contribution in [-0.2, 0) is 0 Å². The normalized spacial score (nSPS) is 16.6. The van der Waals surface area contributed by atoms with Crippen molar-refractivity contribution in [2.24, 2.45) is 0 Å². The van der Waals surface area contributed by atoms with E-state index in [1.165, 1.54) is 18.5 Å². The van der Waals surface area contributed by atoms with Gasteiger partial charge in [-0.05, 0) is 50.1 Å². The van der Waals surface area contributed by atoms with Gasteiger partial charge in [-0.25, -0.2) is 0 Å². The molecule has 1 aliphatic heterocycles. The van der Waals surface area contributed by atoms with Crippen molar-refractivity contribution in [1.29, 1.82) is 0 Å². The minimum Gasteiger partial charge on any atom is -0.494 e. The second-order valence-corrected chi connectivity index (χ2v) is 5.16. The molecule has 3 nitrogen and oxygen atoms in total. The number of rotatable bonds is 6. The summed E-state index contributed by atoms with van der Waals surface area (Å²) in [7, 11) is 0. The number of nitrogens with zero attached hydrogens (tertiary/aromatic N) is 1. The molecule has 0 unspecified atom stereocenters. The summed E-state index contributed by atoms with van der Waals surface area (Å²) >= 11 is 0.